The number of fused-ring (bicyclic) bond motifs is 1. The van der Waals surface area contributed by atoms with Gasteiger partial charge in [-0.05, 0) is 31.0 Å². The average molecular weight is 235 g/mol. The summed E-state index contributed by atoms with van der Waals surface area (Å²) in [4.78, 5) is 1.38. The van der Waals surface area contributed by atoms with Gasteiger partial charge in [-0.15, -0.1) is 11.8 Å². The zero-order valence-electron chi connectivity index (χ0n) is 9.37. The van der Waals surface area contributed by atoms with Crippen molar-refractivity contribution in [2.75, 3.05) is 25.4 Å². The number of rotatable bonds is 3. The van der Waals surface area contributed by atoms with Crippen molar-refractivity contribution in [3.63, 3.8) is 0 Å². The highest BCUT2D eigenvalue weighted by molar-refractivity contribution is 7.99. The van der Waals surface area contributed by atoms with Gasteiger partial charge >= 0.3 is 0 Å². The number of ether oxygens (including phenoxy) is 1. The molecular weight excluding hydrogens is 218 g/mol. The van der Waals surface area contributed by atoms with Crippen LogP contribution in [-0.2, 0) is 6.42 Å². The lowest BCUT2D eigenvalue weighted by atomic mass is 10.1. The van der Waals surface area contributed by atoms with Crippen LogP contribution in [0.5, 0.6) is 5.75 Å². The second kappa shape index (κ2) is 4.68. The minimum Gasteiger partial charge on any atom is -0.492 e. The van der Waals surface area contributed by atoms with E-state index in [-0.39, 0.29) is 0 Å². The number of hydrogen-bond donors (Lipinski definition) is 1. The lowest BCUT2D eigenvalue weighted by Crippen LogP contribution is -2.15. The maximum Gasteiger partial charge on any atom is 0.133 e. The molecule has 1 fully saturated rings. The van der Waals surface area contributed by atoms with E-state index < -0.39 is 0 Å². The van der Waals surface area contributed by atoms with Crippen LogP contribution < -0.4 is 10.1 Å². The van der Waals surface area contributed by atoms with Crippen LogP contribution in [0.25, 0.3) is 0 Å². The van der Waals surface area contributed by atoms with Crippen LogP contribution in [0.15, 0.2) is 23.1 Å². The maximum absolute atomic E-state index is 5.97. The van der Waals surface area contributed by atoms with Gasteiger partial charge in [0, 0.05) is 18.2 Å². The molecule has 2 heterocycles. The third kappa shape index (κ3) is 2.06. The van der Waals surface area contributed by atoms with E-state index in [1.807, 2.05) is 11.8 Å². The molecule has 1 atom stereocenters. The van der Waals surface area contributed by atoms with Gasteiger partial charge in [-0.3, -0.25) is 0 Å². The molecule has 1 unspecified atom stereocenters. The Bertz CT molecular complexity index is 374. The van der Waals surface area contributed by atoms with Gasteiger partial charge in [-0.1, -0.05) is 12.1 Å². The van der Waals surface area contributed by atoms with Crippen LogP contribution in [0, 0.1) is 5.92 Å². The number of benzene rings is 1. The first-order chi connectivity index (χ1) is 7.93. The van der Waals surface area contributed by atoms with Crippen molar-refractivity contribution in [3.8, 4) is 5.75 Å². The molecule has 1 aromatic carbocycles. The summed E-state index contributed by atoms with van der Waals surface area (Å²) in [6.45, 7) is 3.13. The Morgan fingerprint density at radius 1 is 1.44 bits per heavy atom. The van der Waals surface area contributed by atoms with Gasteiger partial charge in [0.1, 0.15) is 5.75 Å². The SMILES string of the molecule is c1cc2c(c(OCC3CCNC3)c1)SCC2. The molecule has 0 amide bonds. The van der Waals surface area contributed by atoms with E-state index in [0.717, 1.165) is 25.4 Å². The number of aryl methyl sites for hydroxylation is 1. The van der Waals surface area contributed by atoms with Gasteiger partial charge in [-0.2, -0.15) is 0 Å². The van der Waals surface area contributed by atoms with E-state index in [9.17, 15) is 0 Å². The zero-order chi connectivity index (χ0) is 10.8. The Labute approximate surface area is 101 Å². The third-order valence-electron chi connectivity index (χ3n) is 3.32. The van der Waals surface area contributed by atoms with E-state index in [0.29, 0.717) is 5.92 Å². The van der Waals surface area contributed by atoms with E-state index in [4.69, 9.17) is 4.74 Å². The fourth-order valence-corrected chi connectivity index (χ4v) is 3.51. The molecule has 2 nitrogen and oxygen atoms in total. The van der Waals surface area contributed by atoms with E-state index in [1.165, 1.54) is 29.1 Å². The lowest BCUT2D eigenvalue weighted by Gasteiger charge is -2.13. The number of hydrogen-bond acceptors (Lipinski definition) is 3. The molecule has 86 valence electrons. The highest BCUT2D eigenvalue weighted by atomic mass is 32.2. The van der Waals surface area contributed by atoms with Crippen molar-refractivity contribution in [1.29, 1.82) is 0 Å². The molecule has 0 bridgehead atoms. The molecule has 1 saturated heterocycles. The third-order valence-corrected chi connectivity index (χ3v) is 4.48. The predicted octanol–water partition coefficient (Wildman–Crippen LogP) is 2.32. The van der Waals surface area contributed by atoms with Crippen LogP contribution >= 0.6 is 11.8 Å². The highest BCUT2D eigenvalue weighted by Gasteiger charge is 2.19. The van der Waals surface area contributed by atoms with Gasteiger partial charge in [-0.25, -0.2) is 0 Å². The molecule has 0 saturated carbocycles. The summed E-state index contributed by atoms with van der Waals surface area (Å²) < 4.78 is 5.97. The minimum atomic E-state index is 0.697. The van der Waals surface area contributed by atoms with Gasteiger partial charge in [0.15, 0.2) is 0 Å². The summed E-state index contributed by atoms with van der Waals surface area (Å²) in [5.74, 6) is 3.01. The summed E-state index contributed by atoms with van der Waals surface area (Å²) in [5, 5.41) is 3.38. The molecule has 1 aromatic rings. The molecule has 0 radical (unpaired) electrons. The maximum atomic E-state index is 5.97. The normalized spacial score (nSPS) is 23.4. The van der Waals surface area contributed by atoms with Crippen molar-refractivity contribution in [2.45, 2.75) is 17.7 Å². The van der Waals surface area contributed by atoms with Crippen LogP contribution in [0.3, 0.4) is 0 Å². The molecule has 16 heavy (non-hydrogen) atoms. The van der Waals surface area contributed by atoms with Crippen molar-refractivity contribution in [1.82, 2.24) is 5.32 Å². The molecule has 0 aliphatic carbocycles. The fourth-order valence-electron chi connectivity index (χ4n) is 2.36. The second-order valence-corrected chi connectivity index (χ2v) is 5.62. The van der Waals surface area contributed by atoms with E-state index >= 15 is 0 Å². The zero-order valence-corrected chi connectivity index (χ0v) is 10.2. The van der Waals surface area contributed by atoms with E-state index in [1.54, 1.807) is 0 Å². The van der Waals surface area contributed by atoms with Crippen LogP contribution in [0.4, 0.5) is 0 Å². The molecule has 3 rings (SSSR count). The first kappa shape index (κ1) is 10.5. The predicted molar refractivity (Wildman–Crippen MR) is 67.3 cm³/mol. The molecule has 1 N–H and O–H groups in total. The summed E-state index contributed by atoms with van der Waals surface area (Å²) in [5.41, 5.74) is 1.46. The Hall–Kier alpha value is -0.670. The van der Waals surface area contributed by atoms with Crippen molar-refractivity contribution < 1.29 is 4.74 Å². The van der Waals surface area contributed by atoms with Gasteiger partial charge in [0.05, 0.1) is 11.5 Å². The number of thioether (sulfide) groups is 1. The minimum absolute atomic E-state index is 0.697. The first-order valence-electron chi connectivity index (χ1n) is 6.02. The van der Waals surface area contributed by atoms with Crippen molar-refractivity contribution in [3.05, 3.63) is 23.8 Å². The summed E-state index contributed by atoms with van der Waals surface area (Å²) in [6, 6.07) is 6.45. The highest BCUT2D eigenvalue weighted by Crippen LogP contribution is 2.38. The van der Waals surface area contributed by atoms with Crippen LogP contribution in [0.1, 0.15) is 12.0 Å². The molecule has 3 heteroatoms. The Morgan fingerprint density at radius 3 is 3.31 bits per heavy atom. The average Bonchev–Trinajstić information content (AvgIpc) is 2.97. The summed E-state index contributed by atoms with van der Waals surface area (Å²) >= 11 is 1.94. The van der Waals surface area contributed by atoms with Crippen molar-refractivity contribution in [2.24, 2.45) is 5.92 Å². The van der Waals surface area contributed by atoms with Gasteiger partial charge in [0.25, 0.3) is 0 Å². The van der Waals surface area contributed by atoms with E-state index in [2.05, 4.69) is 23.5 Å². The quantitative estimate of drug-likeness (QED) is 0.869. The molecule has 2 aliphatic rings. The second-order valence-electron chi connectivity index (χ2n) is 4.51. The Balaban J connectivity index is 1.67. The van der Waals surface area contributed by atoms with Crippen LogP contribution in [0.2, 0.25) is 0 Å². The Morgan fingerprint density at radius 2 is 2.44 bits per heavy atom. The first-order valence-corrected chi connectivity index (χ1v) is 7.00. The molecule has 2 aliphatic heterocycles. The standard InChI is InChI=1S/C13H17NOS/c1-2-11-5-7-16-13(11)12(3-1)15-9-10-4-6-14-8-10/h1-3,10,14H,4-9H2. The van der Waals surface area contributed by atoms with Gasteiger partial charge in [0.2, 0.25) is 0 Å². The fraction of sp³-hybridized carbons (Fsp3) is 0.538. The topological polar surface area (TPSA) is 21.3 Å². The lowest BCUT2D eigenvalue weighted by molar-refractivity contribution is 0.254. The smallest absolute Gasteiger partial charge is 0.133 e. The Kier molecular flexibility index (Phi) is 3.06. The molecule has 0 spiro atoms. The van der Waals surface area contributed by atoms with Gasteiger partial charge < -0.3 is 10.1 Å². The van der Waals surface area contributed by atoms with Crippen molar-refractivity contribution >= 4 is 11.8 Å². The molecular formula is C13H17NOS. The monoisotopic (exact) mass is 235 g/mol. The molecule has 0 aromatic heterocycles. The summed E-state index contributed by atoms with van der Waals surface area (Å²) in [7, 11) is 0. The summed E-state index contributed by atoms with van der Waals surface area (Å²) in [6.07, 6.45) is 2.45. The largest absolute Gasteiger partial charge is 0.492 e. The number of nitrogens with one attached hydrogen (secondary N) is 1. The van der Waals surface area contributed by atoms with Crippen LogP contribution in [-0.4, -0.2) is 25.4 Å².